The van der Waals surface area contributed by atoms with Crippen LogP contribution in [-0.2, 0) is 11.4 Å². The average molecular weight is 498 g/mol. The number of oxazole rings is 1. The fourth-order valence-corrected chi connectivity index (χ4v) is 4.34. The van der Waals surface area contributed by atoms with E-state index in [-0.39, 0.29) is 11.7 Å². The Morgan fingerprint density at radius 2 is 1.86 bits per heavy atom. The molecular weight excluding hydrogens is 474 g/mol. The molecule has 36 heavy (non-hydrogen) atoms. The van der Waals surface area contributed by atoms with Gasteiger partial charge in [-0.2, -0.15) is 5.10 Å². The number of carbonyl (C=O) groups is 1. The van der Waals surface area contributed by atoms with Crippen LogP contribution in [0.4, 0.5) is 0 Å². The van der Waals surface area contributed by atoms with Gasteiger partial charge in [-0.25, -0.2) is 10.4 Å². The quantitative estimate of drug-likeness (QED) is 0.157. The Hall–Kier alpha value is -4.30. The second-order valence-corrected chi connectivity index (χ2v) is 8.79. The van der Waals surface area contributed by atoms with Gasteiger partial charge in [-0.15, -0.1) is 0 Å². The van der Waals surface area contributed by atoms with E-state index in [0.717, 1.165) is 22.0 Å². The van der Waals surface area contributed by atoms with Crippen molar-refractivity contribution >= 4 is 45.8 Å². The number of hydrogen-bond acceptors (Lipinski definition) is 7. The van der Waals surface area contributed by atoms with E-state index in [0.29, 0.717) is 28.9 Å². The van der Waals surface area contributed by atoms with Crippen LogP contribution in [0.5, 0.6) is 11.5 Å². The lowest BCUT2D eigenvalue weighted by Gasteiger charge is -2.12. The highest BCUT2D eigenvalue weighted by Crippen LogP contribution is 2.29. The first-order valence-electron chi connectivity index (χ1n) is 11.3. The summed E-state index contributed by atoms with van der Waals surface area (Å²) in [6.45, 7) is 0.416. The number of para-hydroxylation sites is 2. The van der Waals surface area contributed by atoms with Crippen molar-refractivity contribution in [1.29, 1.82) is 0 Å². The molecule has 5 rings (SSSR count). The van der Waals surface area contributed by atoms with E-state index in [2.05, 4.69) is 39.8 Å². The summed E-state index contributed by atoms with van der Waals surface area (Å²) in [6.07, 6.45) is 1.55. The lowest BCUT2D eigenvalue weighted by Crippen LogP contribution is -2.19. The van der Waals surface area contributed by atoms with Gasteiger partial charge in [0.2, 0.25) is 0 Å². The highest BCUT2D eigenvalue weighted by atomic mass is 32.2. The molecule has 0 unspecified atom stereocenters. The summed E-state index contributed by atoms with van der Waals surface area (Å²) in [5, 5.41) is 6.82. The Morgan fingerprint density at radius 3 is 2.75 bits per heavy atom. The first kappa shape index (κ1) is 23.4. The topological polar surface area (TPSA) is 86.0 Å². The van der Waals surface area contributed by atoms with Gasteiger partial charge in [-0.3, -0.25) is 4.79 Å². The molecule has 0 saturated carbocycles. The van der Waals surface area contributed by atoms with Gasteiger partial charge in [-0.05, 0) is 52.2 Å². The van der Waals surface area contributed by atoms with Gasteiger partial charge >= 0.3 is 0 Å². The van der Waals surface area contributed by atoms with Crippen LogP contribution in [0, 0.1) is 0 Å². The monoisotopic (exact) mass is 497 g/mol. The SMILES string of the molecule is COc1cc(/C=N\NC(=O)CSc2nc3ccccc3o2)ccc1OCc1cccc2ccccc12. The van der Waals surface area contributed by atoms with E-state index in [9.17, 15) is 4.79 Å². The van der Waals surface area contributed by atoms with Crippen molar-refractivity contribution in [3.05, 3.63) is 96.1 Å². The van der Waals surface area contributed by atoms with Crippen molar-refractivity contribution in [2.45, 2.75) is 11.8 Å². The van der Waals surface area contributed by atoms with E-state index in [1.807, 2.05) is 54.6 Å². The van der Waals surface area contributed by atoms with E-state index >= 15 is 0 Å². The molecule has 0 radical (unpaired) electrons. The predicted octanol–water partition coefficient (Wildman–Crippen LogP) is 5.81. The largest absolute Gasteiger partial charge is 0.493 e. The highest BCUT2D eigenvalue weighted by Gasteiger charge is 2.10. The van der Waals surface area contributed by atoms with Crippen LogP contribution in [0.25, 0.3) is 21.9 Å². The molecule has 0 saturated heterocycles. The molecule has 0 fully saturated rings. The number of rotatable bonds is 9. The van der Waals surface area contributed by atoms with Crippen LogP contribution < -0.4 is 14.9 Å². The Bertz CT molecular complexity index is 1510. The fraction of sp³-hybridized carbons (Fsp3) is 0.107. The third-order valence-corrected chi connectivity index (χ3v) is 6.28. The number of hydrazone groups is 1. The Balaban J connectivity index is 1.16. The summed E-state index contributed by atoms with van der Waals surface area (Å²) in [6, 6.07) is 27.3. The summed E-state index contributed by atoms with van der Waals surface area (Å²) in [5.74, 6) is 1.08. The van der Waals surface area contributed by atoms with Gasteiger partial charge < -0.3 is 13.9 Å². The molecular formula is C28H23N3O4S. The molecule has 8 heteroatoms. The second kappa shape index (κ2) is 11.0. The minimum Gasteiger partial charge on any atom is -0.493 e. The number of ether oxygens (including phenoxy) is 2. The summed E-state index contributed by atoms with van der Waals surface area (Å²) in [5.41, 5.74) is 5.83. The Morgan fingerprint density at radius 1 is 1.03 bits per heavy atom. The van der Waals surface area contributed by atoms with E-state index in [4.69, 9.17) is 13.9 Å². The number of thioether (sulfide) groups is 1. The van der Waals surface area contributed by atoms with Crippen LogP contribution in [0.3, 0.4) is 0 Å². The predicted molar refractivity (Wildman–Crippen MR) is 142 cm³/mol. The highest BCUT2D eigenvalue weighted by molar-refractivity contribution is 7.99. The van der Waals surface area contributed by atoms with Crippen LogP contribution >= 0.6 is 11.8 Å². The zero-order valence-corrected chi connectivity index (χ0v) is 20.3. The van der Waals surface area contributed by atoms with Crippen molar-refractivity contribution in [1.82, 2.24) is 10.4 Å². The number of fused-ring (bicyclic) bond motifs is 2. The van der Waals surface area contributed by atoms with Gasteiger partial charge in [0.15, 0.2) is 17.1 Å². The molecule has 1 N–H and O–H groups in total. The molecule has 1 amide bonds. The van der Waals surface area contributed by atoms with E-state index in [1.165, 1.54) is 17.1 Å². The lowest BCUT2D eigenvalue weighted by atomic mass is 10.1. The molecule has 0 aliphatic carbocycles. The maximum Gasteiger partial charge on any atom is 0.257 e. The summed E-state index contributed by atoms with van der Waals surface area (Å²) in [4.78, 5) is 16.5. The van der Waals surface area contributed by atoms with Crippen LogP contribution in [0.15, 0.2) is 99.7 Å². The second-order valence-electron chi connectivity index (χ2n) is 7.87. The number of amides is 1. The number of hydrogen-bond donors (Lipinski definition) is 1. The van der Waals surface area contributed by atoms with Crippen LogP contribution in [-0.4, -0.2) is 30.0 Å². The van der Waals surface area contributed by atoms with Crippen molar-refractivity contribution in [3.8, 4) is 11.5 Å². The number of methoxy groups -OCH3 is 1. The molecule has 7 nitrogen and oxygen atoms in total. The van der Waals surface area contributed by atoms with Gasteiger partial charge in [0, 0.05) is 0 Å². The molecule has 1 heterocycles. The molecule has 0 aliphatic rings. The number of carbonyl (C=O) groups excluding carboxylic acids is 1. The standard InChI is InChI=1S/C28H23N3O4S/c1-33-26-15-19(13-14-25(26)34-17-21-9-6-8-20-7-2-3-10-22(20)21)16-29-31-27(32)18-36-28-30-23-11-4-5-12-24(23)35-28/h2-16H,17-18H2,1H3,(H,31,32)/b29-16-. The molecule has 4 aromatic carbocycles. The maximum atomic E-state index is 12.2. The molecule has 5 aromatic rings. The lowest BCUT2D eigenvalue weighted by molar-refractivity contribution is -0.118. The minimum absolute atomic E-state index is 0.133. The van der Waals surface area contributed by atoms with Crippen LogP contribution in [0.1, 0.15) is 11.1 Å². The molecule has 0 aliphatic heterocycles. The number of nitrogens with one attached hydrogen (secondary N) is 1. The molecule has 1 aromatic heterocycles. The van der Waals surface area contributed by atoms with E-state index < -0.39 is 0 Å². The number of aromatic nitrogens is 1. The van der Waals surface area contributed by atoms with Gasteiger partial charge in [-0.1, -0.05) is 66.4 Å². The molecule has 180 valence electrons. The smallest absolute Gasteiger partial charge is 0.257 e. The molecule has 0 bridgehead atoms. The van der Waals surface area contributed by atoms with Crippen molar-refractivity contribution in [2.75, 3.05) is 12.9 Å². The third-order valence-electron chi connectivity index (χ3n) is 5.45. The van der Waals surface area contributed by atoms with Crippen molar-refractivity contribution in [2.24, 2.45) is 5.10 Å². The Labute approximate surface area is 212 Å². The molecule has 0 spiro atoms. The summed E-state index contributed by atoms with van der Waals surface area (Å²) >= 11 is 1.21. The van der Waals surface area contributed by atoms with Gasteiger partial charge in [0.05, 0.1) is 19.1 Å². The zero-order valence-electron chi connectivity index (χ0n) is 19.5. The summed E-state index contributed by atoms with van der Waals surface area (Å²) in [7, 11) is 1.59. The summed E-state index contributed by atoms with van der Waals surface area (Å²) < 4.78 is 17.2. The van der Waals surface area contributed by atoms with Crippen molar-refractivity contribution in [3.63, 3.8) is 0 Å². The first-order valence-corrected chi connectivity index (χ1v) is 12.3. The molecule has 0 atom stereocenters. The van der Waals surface area contributed by atoms with Gasteiger partial charge in [0.1, 0.15) is 12.1 Å². The fourth-order valence-electron chi connectivity index (χ4n) is 3.71. The number of benzene rings is 4. The average Bonchev–Trinajstić information content (AvgIpc) is 3.34. The van der Waals surface area contributed by atoms with Crippen LogP contribution in [0.2, 0.25) is 0 Å². The maximum absolute atomic E-state index is 12.2. The van der Waals surface area contributed by atoms with Gasteiger partial charge in [0.25, 0.3) is 11.1 Å². The zero-order chi connectivity index (χ0) is 24.7. The third kappa shape index (κ3) is 5.50. The Kier molecular flexibility index (Phi) is 7.14. The normalized spacial score (nSPS) is 11.2. The first-order chi connectivity index (χ1) is 17.7. The minimum atomic E-state index is -0.263. The van der Waals surface area contributed by atoms with Crippen molar-refractivity contribution < 1.29 is 18.7 Å². The van der Waals surface area contributed by atoms with E-state index in [1.54, 1.807) is 19.4 Å². The number of nitrogens with zero attached hydrogens (tertiary/aromatic N) is 2.